The van der Waals surface area contributed by atoms with E-state index in [2.05, 4.69) is 20.6 Å². The molecule has 4 rings (SSSR count). The van der Waals surface area contributed by atoms with Gasteiger partial charge in [-0.3, -0.25) is 9.36 Å². The highest BCUT2D eigenvalue weighted by atomic mass is 19.1. The highest BCUT2D eigenvalue weighted by molar-refractivity contribution is 5.76. The standard InChI is InChI=1S/C19H19F2N5O2/c1-26-17-11(10-23-19(25-17)24-13-4-6-22-7-5-13)8-16(18(26)27)28-15-3-2-12(20)9-14(15)21/h2-3,8-10,13,22H,4-7H2,1H3,(H,23,24,25). The van der Waals surface area contributed by atoms with Crippen molar-refractivity contribution in [3.05, 3.63) is 52.5 Å². The number of nitrogens with zero attached hydrogens (tertiary/aromatic N) is 3. The molecule has 0 spiro atoms. The molecule has 1 saturated heterocycles. The number of rotatable bonds is 4. The zero-order chi connectivity index (χ0) is 19.7. The zero-order valence-corrected chi connectivity index (χ0v) is 15.2. The van der Waals surface area contributed by atoms with Gasteiger partial charge in [0.2, 0.25) is 5.95 Å². The van der Waals surface area contributed by atoms with E-state index in [1.807, 2.05) is 0 Å². The summed E-state index contributed by atoms with van der Waals surface area (Å²) in [6, 6.07) is 4.62. The fourth-order valence-corrected chi connectivity index (χ4v) is 3.19. The maximum atomic E-state index is 13.8. The lowest BCUT2D eigenvalue weighted by Crippen LogP contribution is -2.35. The van der Waals surface area contributed by atoms with Crippen LogP contribution in [-0.4, -0.2) is 33.7 Å². The molecule has 1 aliphatic rings. The number of piperidine rings is 1. The number of nitrogens with one attached hydrogen (secondary N) is 2. The number of hydrogen-bond acceptors (Lipinski definition) is 6. The fourth-order valence-electron chi connectivity index (χ4n) is 3.19. The third kappa shape index (κ3) is 3.65. The molecular weight excluding hydrogens is 368 g/mol. The maximum absolute atomic E-state index is 13.8. The lowest BCUT2D eigenvalue weighted by Gasteiger charge is -2.23. The molecule has 0 saturated carbocycles. The average Bonchev–Trinajstić information content (AvgIpc) is 2.69. The Kier molecular flexibility index (Phi) is 4.91. The third-order valence-corrected chi connectivity index (χ3v) is 4.70. The molecule has 28 heavy (non-hydrogen) atoms. The predicted octanol–water partition coefficient (Wildman–Crippen LogP) is 2.56. The second kappa shape index (κ2) is 7.51. The Morgan fingerprint density at radius 2 is 2.00 bits per heavy atom. The minimum absolute atomic E-state index is 0.0943. The van der Waals surface area contributed by atoms with Crippen LogP contribution in [0.4, 0.5) is 14.7 Å². The van der Waals surface area contributed by atoms with Gasteiger partial charge in [-0.2, -0.15) is 4.98 Å². The minimum atomic E-state index is -0.889. The Balaban J connectivity index is 1.66. The molecular formula is C19H19F2N5O2. The van der Waals surface area contributed by atoms with Crippen molar-refractivity contribution in [1.29, 1.82) is 0 Å². The number of hydrogen-bond donors (Lipinski definition) is 2. The van der Waals surface area contributed by atoms with Crippen molar-refractivity contribution in [2.45, 2.75) is 18.9 Å². The minimum Gasteiger partial charge on any atom is -0.448 e. The number of pyridine rings is 1. The summed E-state index contributed by atoms with van der Waals surface area (Å²) in [5, 5.41) is 7.15. The quantitative estimate of drug-likeness (QED) is 0.716. The number of benzene rings is 1. The van der Waals surface area contributed by atoms with Crippen LogP contribution in [0.2, 0.25) is 0 Å². The van der Waals surface area contributed by atoms with E-state index in [0.29, 0.717) is 23.0 Å². The number of halogens is 2. The number of aryl methyl sites for hydroxylation is 1. The maximum Gasteiger partial charge on any atom is 0.294 e. The molecule has 7 nitrogen and oxygen atoms in total. The summed E-state index contributed by atoms with van der Waals surface area (Å²) in [6.07, 6.45) is 3.52. The van der Waals surface area contributed by atoms with Gasteiger partial charge in [0.1, 0.15) is 11.5 Å². The highest BCUT2D eigenvalue weighted by Gasteiger charge is 2.16. The average molecular weight is 387 g/mol. The lowest BCUT2D eigenvalue weighted by atomic mass is 10.1. The Morgan fingerprint density at radius 3 is 2.75 bits per heavy atom. The van der Waals surface area contributed by atoms with Crippen LogP contribution in [0.25, 0.3) is 11.0 Å². The highest BCUT2D eigenvalue weighted by Crippen LogP contribution is 2.25. The molecule has 1 aromatic carbocycles. The Morgan fingerprint density at radius 1 is 1.21 bits per heavy atom. The Bertz CT molecular complexity index is 1080. The second-order valence-corrected chi connectivity index (χ2v) is 6.69. The van der Waals surface area contributed by atoms with Crippen molar-refractivity contribution < 1.29 is 13.5 Å². The molecule has 0 unspecified atom stereocenters. The molecule has 3 aromatic rings. The van der Waals surface area contributed by atoms with Gasteiger partial charge in [0, 0.05) is 30.7 Å². The molecule has 3 heterocycles. The van der Waals surface area contributed by atoms with Gasteiger partial charge in [0.25, 0.3) is 5.56 Å². The molecule has 146 valence electrons. The van der Waals surface area contributed by atoms with Crippen LogP contribution < -0.4 is 20.9 Å². The van der Waals surface area contributed by atoms with E-state index in [9.17, 15) is 13.6 Å². The molecule has 0 bridgehead atoms. The molecule has 1 aliphatic heterocycles. The van der Waals surface area contributed by atoms with Gasteiger partial charge >= 0.3 is 0 Å². The van der Waals surface area contributed by atoms with Crippen LogP contribution >= 0.6 is 0 Å². The second-order valence-electron chi connectivity index (χ2n) is 6.69. The van der Waals surface area contributed by atoms with Crippen LogP contribution in [0.15, 0.2) is 35.3 Å². The normalized spacial score (nSPS) is 15.0. The summed E-state index contributed by atoms with van der Waals surface area (Å²) >= 11 is 0. The van der Waals surface area contributed by atoms with Crippen molar-refractivity contribution in [1.82, 2.24) is 19.9 Å². The van der Waals surface area contributed by atoms with Gasteiger partial charge in [0.05, 0.1) is 0 Å². The van der Waals surface area contributed by atoms with E-state index in [1.54, 1.807) is 13.2 Å². The van der Waals surface area contributed by atoms with Crippen molar-refractivity contribution >= 4 is 17.0 Å². The number of anilines is 1. The summed E-state index contributed by atoms with van der Waals surface area (Å²) < 4.78 is 33.6. The number of aromatic nitrogens is 3. The van der Waals surface area contributed by atoms with Crippen molar-refractivity contribution in [3.63, 3.8) is 0 Å². The van der Waals surface area contributed by atoms with Gasteiger partial charge in [-0.05, 0) is 44.1 Å². The molecule has 2 N–H and O–H groups in total. The van der Waals surface area contributed by atoms with Crippen LogP contribution in [0, 0.1) is 11.6 Å². The Hall–Kier alpha value is -3.07. The SMILES string of the molecule is Cn1c(=O)c(Oc2ccc(F)cc2F)cc2cnc(NC3CCNCC3)nc21. The molecule has 0 radical (unpaired) electrons. The van der Waals surface area contributed by atoms with Gasteiger partial charge in [-0.1, -0.05) is 0 Å². The molecule has 0 aliphatic carbocycles. The van der Waals surface area contributed by atoms with E-state index in [1.165, 1.54) is 10.6 Å². The van der Waals surface area contributed by atoms with Crippen LogP contribution in [0.5, 0.6) is 11.5 Å². The number of ether oxygens (including phenoxy) is 1. The fraction of sp³-hybridized carbons (Fsp3) is 0.316. The predicted molar refractivity (Wildman–Crippen MR) is 101 cm³/mol. The lowest BCUT2D eigenvalue weighted by molar-refractivity contribution is 0.430. The summed E-state index contributed by atoms with van der Waals surface area (Å²) in [7, 11) is 1.56. The van der Waals surface area contributed by atoms with E-state index >= 15 is 0 Å². The molecule has 9 heteroatoms. The first kappa shape index (κ1) is 18.3. The smallest absolute Gasteiger partial charge is 0.294 e. The molecule has 0 atom stereocenters. The summed E-state index contributed by atoms with van der Waals surface area (Å²) in [4.78, 5) is 21.4. The van der Waals surface area contributed by atoms with Gasteiger partial charge < -0.3 is 15.4 Å². The first-order valence-corrected chi connectivity index (χ1v) is 8.98. The first-order valence-electron chi connectivity index (χ1n) is 8.98. The number of fused-ring (bicyclic) bond motifs is 1. The van der Waals surface area contributed by atoms with Gasteiger partial charge in [0.15, 0.2) is 17.3 Å². The van der Waals surface area contributed by atoms with E-state index in [-0.39, 0.29) is 17.5 Å². The van der Waals surface area contributed by atoms with Gasteiger partial charge in [-0.15, -0.1) is 0 Å². The van der Waals surface area contributed by atoms with Crippen molar-refractivity contribution in [3.8, 4) is 11.5 Å². The summed E-state index contributed by atoms with van der Waals surface area (Å²) in [5.41, 5.74) is -0.0499. The zero-order valence-electron chi connectivity index (χ0n) is 15.2. The van der Waals surface area contributed by atoms with E-state index in [4.69, 9.17) is 4.74 Å². The summed E-state index contributed by atoms with van der Waals surface area (Å²) in [6.45, 7) is 1.87. The largest absolute Gasteiger partial charge is 0.448 e. The molecule has 2 aromatic heterocycles. The van der Waals surface area contributed by atoms with Crippen molar-refractivity contribution in [2.24, 2.45) is 7.05 Å². The molecule has 0 amide bonds. The van der Waals surface area contributed by atoms with Crippen LogP contribution in [-0.2, 0) is 7.05 Å². The third-order valence-electron chi connectivity index (χ3n) is 4.70. The van der Waals surface area contributed by atoms with E-state index < -0.39 is 17.2 Å². The first-order chi connectivity index (χ1) is 13.5. The van der Waals surface area contributed by atoms with Gasteiger partial charge in [-0.25, -0.2) is 13.8 Å². The topological polar surface area (TPSA) is 81.1 Å². The van der Waals surface area contributed by atoms with Crippen LogP contribution in [0.3, 0.4) is 0 Å². The monoisotopic (exact) mass is 387 g/mol. The summed E-state index contributed by atoms with van der Waals surface area (Å²) in [5.74, 6) is -1.49. The van der Waals surface area contributed by atoms with E-state index in [0.717, 1.165) is 38.1 Å². The molecule has 1 fully saturated rings. The van der Waals surface area contributed by atoms with Crippen LogP contribution in [0.1, 0.15) is 12.8 Å². The Labute approximate surface area is 159 Å². The van der Waals surface area contributed by atoms with Crippen molar-refractivity contribution in [2.75, 3.05) is 18.4 Å².